The molecule has 10 nitrogen and oxygen atoms in total. The minimum absolute atomic E-state index is 0.0311. The number of fused-ring (bicyclic) bond motifs is 1. The summed E-state index contributed by atoms with van der Waals surface area (Å²) < 4.78 is 11.6. The third-order valence-corrected chi connectivity index (χ3v) is 4.68. The molecule has 2 aromatic heterocycles. The molecule has 0 saturated carbocycles. The van der Waals surface area contributed by atoms with Gasteiger partial charge in [-0.15, -0.1) is 0 Å². The van der Waals surface area contributed by atoms with Gasteiger partial charge in [-0.25, -0.2) is 9.67 Å². The number of aromatic amines is 1. The predicted molar refractivity (Wildman–Crippen MR) is 106 cm³/mol. The van der Waals surface area contributed by atoms with Gasteiger partial charge in [0.1, 0.15) is 23.4 Å². The predicted octanol–water partition coefficient (Wildman–Crippen LogP) is 0.889. The molecule has 29 heavy (non-hydrogen) atoms. The third-order valence-electron chi connectivity index (χ3n) is 3.80. The van der Waals surface area contributed by atoms with Crippen LogP contribution in [0.5, 0.6) is 5.75 Å². The highest BCUT2D eigenvalue weighted by Gasteiger charge is 2.15. The summed E-state index contributed by atoms with van der Waals surface area (Å²) in [4.78, 5) is 42.6. The van der Waals surface area contributed by atoms with Gasteiger partial charge in [0.05, 0.1) is 25.7 Å². The van der Waals surface area contributed by atoms with E-state index >= 15 is 0 Å². The summed E-state index contributed by atoms with van der Waals surface area (Å²) in [5.41, 5.74) is 0.601. The topological polar surface area (TPSA) is 128 Å². The monoisotopic (exact) mass is 417 g/mol. The molecule has 152 valence electrons. The molecular weight excluding hydrogens is 398 g/mol. The zero-order valence-electron chi connectivity index (χ0n) is 15.8. The number of carbonyl (C=O) groups excluding carboxylic acids is 2. The smallest absolute Gasteiger partial charge is 0.325 e. The van der Waals surface area contributed by atoms with Gasteiger partial charge in [-0.1, -0.05) is 23.9 Å². The number of carbonyl (C=O) groups is 2. The lowest BCUT2D eigenvalue weighted by Crippen LogP contribution is -2.31. The lowest BCUT2D eigenvalue weighted by molar-refractivity contribution is -0.143. The zero-order valence-corrected chi connectivity index (χ0v) is 16.6. The standard InChI is InChI=1S/C18H19N5O5S/c1-3-28-15(25)9-19-14(24)10-29-18-21-16-11(17(26)22-18)8-20-23(16)12-6-4-5-7-13(12)27-2/h4-8H,3,9-10H2,1-2H3,(H,19,24)(H,21,22,26). The van der Waals surface area contributed by atoms with Crippen LogP contribution in [0.4, 0.5) is 0 Å². The van der Waals surface area contributed by atoms with Crippen LogP contribution in [0.15, 0.2) is 40.4 Å². The Kier molecular flexibility index (Phi) is 6.50. The van der Waals surface area contributed by atoms with Crippen LogP contribution in [0.3, 0.4) is 0 Å². The van der Waals surface area contributed by atoms with Crippen LogP contribution >= 0.6 is 11.8 Å². The molecular formula is C18H19N5O5S. The number of H-pyrrole nitrogens is 1. The molecule has 2 N–H and O–H groups in total. The van der Waals surface area contributed by atoms with Gasteiger partial charge in [0, 0.05) is 0 Å². The normalized spacial score (nSPS) is 10.7. The zero-order chi connectivity index (χ0) is 20.8. The maximum atomic E-state index is 12.4. The van der Waals surface area contributed by atoms with Crippen LogP contribution in [-0.4, -0.2) is 57.6 Å². The van der Waals surface area contributed by atoms with E-state index in [4.69, 9.17) is 9.47 Å². The molecule has 2 heterocycles. The quantitative estimate of drug-likeness (QED) is 0.314. The van der Waals surface area contributed by atoms with Crippen molar-refractivity contribution in [1.29, 1.82) is 0 Å². The van der Waals surface area contributed by atoms with Crippen molar-refractivity contribution in [2.24, 2.45) is 0 Å². The van der Waals surface area contributed by atoms with Gasteiger partial charge < -0.3 is 19.8 Å². The lowest BCUT2D eigenvalue weighted by Gasteiger charge is -2.09. The summed E-state index contributed by atoms with van der Waals surface area (Å²) >= 11 is 1.04. The van der Waals surface area contributed by atoms with E-state index < -0.39 is 5.97 Å². The minimum Gasteiger partial charge on any atom is -0.494 e. The molecule has 0 fully saturated rings. The molecule has 3 rings (SSSR count). The molecule has 0 radical (unpaired) electrons. The van der Waals surface area contributed by atoms with Crippen molar-refractivity contribution in [3.8, 4) is 11.4 Å². The molecule has 0 bridgehead atoms. The Hall–Kier alpha value is -3.34. The number of aromatic nitrogens is 4. The first kappa shape index (κ1) is 20.4. The maximum absolute atomic E-state index is 12.4. The van der Waals surface area contributed by atoms with Gasteiger partial charge >= 0.3 is 5.97 Å². The van der Waals surface area contributed by atoms with E-state index in [-0.39, 0.29) is 35.5 Å². The van der Waals surface area contributed by atoms with E-state index in [1.54, 1.807) is 26.2 Å². The van der Waals surface area contributed by atoms with Gasteiger partial charge in [0.15, 0.2) is 10.8 Å². The van der Waals surface area contributed by atoms with E-state index in [2.05, 4.69) is 20.4 Å². The Morgan fingerprint density at radius 1 is 1.31 bits per heavy atom. The number of hydrogen-bond donors (Lipinski definition) is 2. The number of amides is 1. The van der Waals surface area contributed by atoms with Crippen molar-refractivity contribution >= 4 is 34.7 Å². The number of thioether (sulfide) groups is 1. The van der Waals surface area contributed by atoms with E-state index in [0.29, 0.717) is 22.5 Å². The molecule has 1 aromatic carbocycles. The van der Waals surface area contributed by atoms with Crippen molar-refractivity contribution in [3.63, 3.8) is 0 Å². The van der Waals surface area contributed by atoms with Gasteiger partial charge in [-0.3, -0.25) is 14.4 Å². The van der Waals surface area contributed by atoms with Crippen molar-refractivity contribution in [2.75, 3.05) is 26.0 Å². The largest absolute Gasteiger partial charge is 0.494 e. The minimum atomic E-state index is -0.514. The second-order valence-corrected chi connectivity index (χ2v) is 6.67. The summed E-state index contributed by atoms with van der Waals surface area (Å²) in [7, 11) is 1.54. The van der Waals surface area contributed by atoms with E-state index in [9.17, 15) is 14.4 Å². The number of rotatable bonds is 8. The molecule has 3 aromatic rings. The van der Waals surface area contributed by atoms with Crippen molar-refractivity contribution < 1.29 is 19.1 Å². The van der Waals surface area contributed by atoms with Gasteiger partial charge in [0.25, 0.3) is 5.56 Å². The number of hydrogen-bond acceptors (Lipinski definition) is 8. The van der Waals surface area contributed by atoms with Gasteiger partial charge in [0.2, 0.25) is 5.91 Å². The SMILES string of the molecule is CCOC(=O)CNC(=O)CSc1nc2c(cnn2-c2ccccc2OC)c(=O)[nH]1. The number of nitrogens with one attached hydrogen (secondary N) is 2. The van der Waals surface area contributed by atoms with E-state index in [1.807, 2.05) is 12.1 Å². The fourth-order valence-corrected chi connectivity index (χ4v) is 3.20. The second kappa shape index (κ2) is 9.24. The van der Waals surface area contributed by atoms with Crippen LogP contribution in [0.1, 0.15) is 6.92 Å². The van der Waals surface area contributed by atoms with Gasteiger partial charge in [-0.05, 0) is 19.1 Å². The summed E-state index contributed by atoms with van der Waals surface area (Å²) in [5, 5.41) is 7.27. The second-order valence-electron chi connectivity index (χ2n) is 5.71. The molecule has 0 atom stereocenters. The van der Waals surface area contributed by atoms with Gasteiger partial charge in [-0.2, -0.15) is 5.10 Å². The van der Waals surface area contributed by atoms with Crippen LogP contribution in [-0.2, 0) is 14.3 Å². The molecule has 0 unspecified atom stereocenters. The molecule has 0 aliphatic carbocycles. The molecule has 11 heteroatoms. The number of nitrogens with zero attached hydrogens (tertiary/aromatic N) is 3. The highest BCUT2D eigenvalue weighted by Crippen LogP contribution is 2.24. The number of esters is 1. The lowest BCUT2D eigenvalue weighted by atomic mass is 10.3. The van der Waals surface area contributed by atoms with Crippen molar-refractivity contribution in [2.45, 2.75) is 12.1 Å². The van der Waals surface area contributed by atoms with E-state index in [0.717, 1.165) is 11.8 Å². The Balaban J connectivity index is 1.79. The number of para-hydroxylation sites is 2. The Labute approximate surface area is 169 Å². The first-order chi connectivity index (χ1) is 14.0. The molecule has 0 aliphatic heterocycles. The molecule has 0 aliphatic rings. The highest BCUT2D eigenvalue weighted by molar-refractivity contribution is 7.99. The Morgan fingerprint density at radius 2 is 2.10 bits per heavy atom. The average Bonchev–Trinajstić information content (AvgIpc) is 3.15. The first-order valence-corrected chi connectivity index (χ1v) is 9.68. The average molecular weight is 417 g/mol. The van der Waals surface area contributed by atoms with Crippen LogP contribution in [0, 0.1) is 0 Å². The Bertz CT molecular complexity index is 1090. The highest BCUT2D eigenvalue weighted by atomic mass is 32.2. The number of methoxy groups -OCH3 is 1. The first-order valence-electron chi connectivity index (χ1n) is 8.70. The molecule has 0 saturated heterocycles. The summed E-state index contributed by atoms with van der Waals surface area (Å²) in [5.74, 6) is -0.355. The maximum Gasteiger partial charge on any atom is 0.325 e. The van der Waals surface area contributed by atoms with E-state index in [1.165, 1.54) is 10.9 Å². The Morgan fingerprint density at radius 3 is 2.86 bits per heavy atom. The summed E-state index contributed by atoms with van der Waals surface area (Å²) in [6, 6.07) is 7.22. The van der Waals surface area contributed by atoms with Crippen LogP contribution < -0.4 is 15.6 Å². The fraction of sp³-hybridized carbons (Fsp3) is 0.278. The van der Waals surface area contributed by atoms with Crippen LogP contribution in [0.2, 0.25) is 0 Å². The third kappa shape index (κ3) is 4.74. The van der Waals surface area contributed by atoms with Crippen molar-refractivity contribution in [1.82, 2.24) is 25.1 Å². The van der Waals surface area contributed by atoms with Crippen molar-refractivity contribution in [3.05, 3.63) is 40.8 Å². The molecule has 0 spiro atoms. The summed E-state index contributed by atoms with van der Waals surface area (Å²) in [6.45, 7) is 1.72. The summed E-state index contributed by atoms with van der Waals surface area (Å²) in [6.07, 6.45) is 1.42. The van der Waals surface area contributed by atoms with Crippen LogP contribution in [0.25, 0.3) is 16.7 Å². The number of ether oxygens (including phenoxy) is 2. The fourth-order valence-electron chi connectivity index (χ4n) is 2.52. The number of benzene rings is 1. The molecule has 1 amide bonds.